The predicted octanol–water partition coefficient (Wildman–Crippen LogP) is 3.38. The molecule has 0 spiro atoms. The summed E-state index contributed by atoms with van der Waals surface area (Å²) in [6.45, 7) is 6.99. The third kappa shape index (κ3) is 3.34. The van der Waals surface area contributed by atoms with Crippen molar-refractivity contribution in [2.75, 3.05) is 13.7 Å². The van der Waals surface area contributed by atoms with Gasteiger partial charge in [-0.2, -0.15) is 0 Å². The quantitative estimate of drug-likeness (QED) is 0.857. The zero-order valence-electron chi connectivity index (χ0n) is 12.9. The maximum absolute atomic E-state index is 11.5. The van der Waals surface area contributed by atoms with Crippen LogP contribution in [0.2, 0.25) is 0 Å². The second-order valence-corrected chi connectivity index (χ2v) is 5.04. The topological polar surface area (TPSA) is 51.5 Å². The van der Waals surface area contributed by atoms with Gasteiger partial charge in [0.25, 0.3) is 0 Å². The largest absolute Gasteiger partial charge is 0.463 e. The van der Waals surface area contributed by atoms with Crippen LogP contribution < -0.4 is 5.32 Å². The lowest BCUT2D eigenvalue weighted by Crippen LogP contribution is -2.22. The lowest BCUT2D eigenvalue weighted by Gasteiger charge is -2.18. The summed E-state index contributed by atoms with van der Waals surface area (Å²) >= 11 is 0. The zero-order chi connectivity index (χ0) is 15.4. The molecular formula is C17H21NO3. The first-order chi connectivity index (χ1) is 10.1. The SMILES string of the molecule is CCNC(c1ccc(C(=O)OC)o1)c1ccc(C)cc1C. The first-order valence-corrected chi connectivity index (χ1v) is 7.05. The summed E-state index contributed by atoms with van der Waals surface area (Å²) in [5, 5.41) is 3.40. The minimum absolute atomic E-state index is 0.0750. The van der Waals surface area contributed by atoms with Gasteiger partial charge in [0, 0.05) is 0 Å². The lowest BCUT2D eigenvalue weighted by molar-refractivity contribution is 0.0562. The molecule has 1 heterocycles. The normalized spacial score (nSPS) is 12.2. The molecule has 0 aliphatic carbocycles. The zero-order valence-corrected chi connectivity index (χ0v) is 12.9. The van der Waals surface area contributed by atoms with Gasteiger partial charge in [0.05, 0.1) is 13.2 Å². The van der Waals surface area contributed by atoms with E-state index in [1.54, 1.807) is 6.07 Å². The van der Waals surface area contributed by atoms with Gasteiger partial charge in [-0.15, -0.1) is 0 Å². The van der Waals surface area contributed by atoms with E-state index < -0.39 is 5.97 Å². The highest BCUT2D eigenvalue weighted by molar-refractivity contribution is 5.86. The standard InChI is InChI=1S/C17H21NO3/c1-5-18-16(13-7-6-11(2)10-12(13)3)14-8-9-15(21-14)17(19)20-4/h6-10,16,18H,5H2,1-4H3. The van der Waals surface area contributed by atoms with Crippen LogP contribution >= 0.6 is 0 Å². The molecule has 0 fully saturated rings. The van der Waals surface area contributed by atoms with Gasteiger partial charge in [-0.25, -0.2) is 4.79 Å². The molecule has 0 aliphatic rings. The van der Waals surface area contributed by atoms with Gasteiger partial charge in [0.1, 0.15) is 5.76 Å². The van der Waals surface area contributed by atoms with Crippen LogP contribution in [0, 0.1) is 13.8 Å². The molecule has 1 aromatic carbocycles. The van der Waals surface area contributed by atoms with Gasteiger partial charge >= 0.3 is 5.97 Å². The Bertz CT molecular complexity index is 631. The Labute approximate surface area is 125 Å². The van der Waals surface area contributed by atoms with Gasteiger partial charge in [0.15, 0.2) is 0 Å². The monoisotopic (exact) mass is 287 g/mol. The number of esters is 1. The molecular weight excluding hydrogens is 266 g/mol. The summed E-state index contributed by atoms with van der Waals surface area (Å²) in [4.78, 5) is 11.5. The van der Waals surface area contributed by atoms with Gasteiger partial charge in [-0.1, -0.05) is 30.7 Å². The second kappa shape index (κ2) is 6.59. The van der Waals surface area contributed by atoms with Crippen LogP contribution in [0.1, 0.15) is 46.0 Å². The molecule has 2 rings (SSSR count). The number of carbonyl (C=O) groups excluding carboxylic acids is 1. The van der Waals surface area contributed by atoms with Crippen molar-refractivity contribution in [3.8, 4) is 0 Å². The molecule has 1 unspecified atom stereocenters. The number of hydrogen-bond acceptors (Lipinski definition) is 4. The molecule has 0 aliphatic heterocycles. The maximum atomic E-state index is 11.5. The number of rotatable bonds is 5. The van der Waals surface area contributed by atoms with Crippen LogP contribution in [0.3, 0.4) is 0 Å². The molecule has 21 heavy (non-hydrogen) atoms. The Morgan fingerprint density at radius 3 is 2.67 bits per heavy atom. The molecule has 0 amide bonds. The van der Waals surface area contributed by atoms with E-state index in [2.05, 4.69) is 42.1 Å². The summed E-state index contributed by atoms with van der Waals surface area (Å²) in [6.07, 6.45) is 0. The van der Waals surface area contributed by atoms with E-state index in [-0.39, 0.29) is 11.8 Å². The average Bonchev–Trinajstić information content (AvgIpc) is 2.94. The summed E-state index contributed by atoms with van der Waals surface area (Å²) in [5.41, 5.74) is 3.56. The molecule has 0 bridgehead atoms. The number of ether oxygens (including phenoxy) is 1. The number of nitrogens with one attached hydrogen (secondary N) is 1. The Morgan fingerprint density at radius 2 is 2.05 bits per heavy atom. The highest BCUT2D eigenvalue weighted by Crippen LogP contribution is 2.27. The fourth-order valence-corrected chi connectivity index (χ4v) is 2.44. The Morgan fingerprint density at radius 1 is 1.29 bits per heavy atom. The molecule has 1 atom stereocenters. The van der Waals surface area contributed by atoms with E-state index >= 15 is 0 Å². The fraction of sp³-hybridized carbons (Fsp3) is 0.353. The predicted molar refractivity (Wildman–Crippen MR) is 81.5 cm³/mol. The van der Waals surface area contributed by atoms with Gasteiger partial charge in [0.2, 0.25) is 5.76 Å². The van der Waals surface area contributed by atoms with Crippen LogP contribution in [0.25, 0.3) is 0 Å². The minimum Gasteiger partial charge on any atom is -0.463 e. The lowest BCUT2D eigenvalue weighted by atomic mass is 9.97. The summed E-state index contributed by atoms with van der Waals surface area (Å²) < 4.78 is 10.3. The van der Waals surface area contributed by atoms with Crippen molar-refractivity contribution < 1.29 is 13.9 Å². The third-order valence-corrected chi connectivity index (χ3v) is 3.44. The molecule has 2 aromatic rings. The van der Waals surface area contributed by atoms with Crippen molar-refractivity contribution in [3.05, 3.63) is 58.5 Å². The van der Waals surface area contributed by atoms with Crippen LogP contribution in [-0.4, -0.2) is 19.6 Å². The van der Waals surface area contributed by atoms with E-state index in [1.165, 1.54) is 18.2 Å². The van der Waals surface area contributed by atoms with E-state index in [0.717, 1.165) is 12.1 Å². The molecule has 1 N–H and O–H groups in total. The summed E-state index contributed by atoms with van der Waals surface area (Å²) in [5.74, 6) is 0.474. The second-order valence-electron chi connectivity index (χ2n) is 5.04. The molecule has 4 nitrogen and oxygen atoms in total. The van der Waals surface area contributed by atoms with Gasteiger partial charge < -0.3 is 14.5 Å². The van der Waals surface area contributed by atoms with Crippen LogP contribution in [0.15, 0.2) is 34.7 Å². The fourth-order valence-electron chi connectivity index (χ4n) is 2.44. The average molecular weight is 287 g/mol. The first-order valence-electron chi connectivity index (χ1n) is 7.05. The molecule has 1 aromatic heterocycles. The van der Waals surface area contributed by atoms with E-state index in [0.29, 0.717) is 5.76 Å². The number of carbonyl (C=O) groups is 1. The van der Waals surface area contributed by atoms with Crippen LogP contribution in [0.4, 0.5) is 0 Å². The minimum atomic E-state index is -0.461. The molecule has 112 valence electrons. The van der Waals surface area contributed by atoms with Crippen molar-refractivity contribution in [1.29, 1.82) is 0 Å². The highest BCUT2D eigenvalue weighted by atomic mass is 16.5. The molecule has 0 saturated heterocycles. The Kier molecular flexibility index (Phi) is 4.81. The summed E-state index contributed by atoms with van der Waals surface area (Å²) in [7, 11) is 1.34. The number of aryl methyl sites for hydroxylation is 2. The van der Waals surface area contributed by atoms with E-state index in [1.807, 2.05) is 13.0 Å². The van der Waals surface area contributed by atoms with E-state index in [4.69, 9.17) is 4.42 Å². The summed E-state index contributed by atoms with van der Waals surface area (Å²) in [6, 6.07) is 9.71. The van der Waals surface area contributed by atoms with Crippen LogP contribution in [0.5, 0.6) is 0 Å². The van der Waals surface area contributed by atoms with Crippen molar-refractivity contribution in [1.82, 2.24) is 5.32 Å². The smallest absolute Gasteiger partial charge is 0.373 e. The number of benzene rings is 1. The van der Waals surface area contributed by atoms with E-state index in [9.17, 15) is 4.79 Å². The molecule has 0 radical (unpaired) electrons. The van der Waals surface area contributed by atoms with Gasteiger partial charge in [-0.3, -0.25) is 0 Å². The Hall–Kier alpha value is -2.07. The van der Waals surface area contributed by atoms with Gasteiger partial charge in [-0.05, 0) is 43.7 Å². The number of furan rings is 1. The highest BCUT2D eigenvalue weighted by Gasteiger charge is 2.21. The van der Waals surface area contributed by atoms with Crippen LogP contribution in [-0.2, 0) is 4.74 Å². The maximum Gasteiger partial charge on any atom is 0.373 e. The molecule has 0 saturated carbocycles. The first kappa shape index (κ1) is 15.3. The number of methoxy groups -OCH3 is 1. The molecule has 4 heteroatoms. The van der Waals surface area contributed by atoms with Crippen molar-refractivity contribution >= 4 is 5.97 Å². The van der Waals surface area contributed by atoms with Crippen molar-refractivity contribution in [2.45, 2.75) is 26.8 Å². The van der Waals surface area contributed by atoms with Crippen molar-refractivity contribution in [3.63, 3.8) is 0 Å². The third-order valence-electron chi connectivity index (χ3n) is 3.44. The van der Waals surface area contributed by atoms with Crippen molar-refractivity contribution in [2.24, 2.45) is 0 Å². The number of hydrogen-bond donors (Lipinski definition) is 1. The Balaban J connectivity index is 2.38.